The van der Waals surface area contributed by atoms with Gasteiger partial charge in [-0.05, 0) is 77.7 Å². The molecule has 0 saturated carbocycles. The Hall–Kier alpha value is -3.97. The zero-order chi connectivity index (χ0) is 28.4. The van der Waals surface area contributed by atoms with Crippen molar-refractivity contribution in [1.29, 1.82) is 0 Å². The van der Waals surface area contributed by atoms with Gasteiger partial charge in [-0.15, -0.1) is 0 Å². The fourth-order valence-electron chi connectivity index (χ4n) is 4.79. The van der Waals surface area contributed by atoms with Gasteiger partial charge in [0.05, 0.1) is 16.7 Å². The number of ether oxygens (including phenoxy) is 1. The third kappa shape index (κ3) is 5.94. The van der Waals surface area contributed by atoms with Gasteiger partial charge >= 0.3 is 5.69 Å². The molecular weight excluding hydrogens is 584 g/mol. The van der Waals surface area contributed by atoms with Crippen molar-refractivity contribution in [1.82, 2.24) is 29.5 Å². The first-order chi connectivity index (χ1) is 19.2. The van der Waals surface area contributed by atoms with Crippen LogP contribution in [0.15, 0.2) is 50.5 Å². The van der Waals surface area contributed by atoms with Gasteiger partial charge in [0.15, 0.2) is 0 Å². The third-order valence-electron chi connectivity index (χ3n) is 7.06. The molecule has 0 radical (unpaired) electrons. The number of aromatic nitrogens is 3. The maximum atomic E-state index is 13.2. The predicted octanol–water partition coefficient (Wildman–Crippen LogP) is 1.87. The summed E-state index contributed by atoms with van der Waals surface area (Å²) >= 11 is 3.25. The number of likely N-dealkylation sites (tertiary alicyclic amines) is 1. The number of hydrogen-bond acceptors (Lipinski definition) is 8. The monoisotopic (exact) mass is 612 g/mol. The molecule has 2 aromatic carbocycles. The Labute approximate surface area is 237 Å². The van der Waals surface area contributed by atoms with E-state index in [0.29, 0.717) is 59.9 Å². The summed E-state index contributed by atoms with van der Waals surface area (Å²) in [5.41, 5.74) is -0.991. The van der Waals surface area contributed by atoms with E-state index >= 15 is 0 Å². The van der Waals surface area contributed by atoms with Gasteiger partial charge in [-0.3, -0.25) is 24.3 Å². The highest BCUT2D eigenvalue weighted by molar-refractivity contribution is 9.10. The first kappa shape index (κ1) is 27.6. The van der Waals surface area contributed by atoms with Crippen LogP contribution in [0.2, 0.25) is 0 Å². The van der Waals surface area contributed by atoms with Gasteiger partial charge in [-0.2, -0.15) is 9.78 Å². The van der Waals surface area contributed by atoms with Crippen molar-refractivity contribution < 1.29 is 19.4 Å². The third-order valence-corrected chi connectivity index (χ3v) is 7.69. The number of carbonyl (C=O) groups excluding carboxylic acids is 2. The number of halogens is 1. The van der Waals surface area contributed by atoms with Gasteiger partial charge in [0.2, 0.25) is 11.6 Å². The lowest BCUT2D eigenvalue weighted by molar-refractivity contribution is -0.131. The SMILES string of the molecule is Cc1cc(-n2nc(C(=O)N3CCN(CC(=O)N4CCCC4)CC3)c(=O)[nH]c2=O)ccc1Oc1ccc(O)c(Br)c1. The minimum absolute atomic E-state index is 0.0859. The molecule has 2 saturated heterocycles. The summed E-state index contributed by atoms with van der Waals surface area (Å²) in [6.07, 6.45) is 2.07. The molecule has 0 bridgehead atoms. The molecule has 3 heterocycles. The number of piperazine rings is 1. The summed E-state index contributed by atoms with van der Waals surface area (Å²) in [6.45, 7) is 5.37. The second-order valence-electron chi connectivity index (χ2n) is 9.84. The standard InChI is InChI=1S/C27H29BrN6O6/c1-17-14-18(4-7-22(17)40-19-5-6-21(35)20(28)15-19)34-27(39)29-25(37)24(30-34)26(38)33-12-10-31(11-13-33)16-23(36)32-8-2-3-9-32/h4-7,14-15,35H,2-3,8-13,16H2,1H3,(H,29,37,39). The van der Waals surface area contributed by atoms with Crippen molar-refractivity contribution >= 4 is 27.7 Å². The van der Waals surface area contributed by atoms with Crippen LogP contribution in [0, 0.1) is 6.92 Å². The maximum Gasteiger partial charge on any atom is 0.349 e. The van der Waals surface area contributed by atoms with Crippen LogP contribution in [0.4, 0.5) is 0 Å². The van der Waals surface area contributed by atoms with Gasteiger partial charge < -0.3 is 19.6 Å². The lowest BCUT2D eigenvalue weighted by Crippen LogP contribution is -2.52. The van der Waals surface area contributed by atoms with Gasteiger partial charge in [-0.1, -0.05) is 0 Å². The number of H-pyrrole nitrogens is 1. The summed E-state index contributed by atoms with van der Waals surface area (Å²) in [4.78, 5) is 58.5. The van der Waals surface area contributed by atoms with Crippen molar-refractivity contribution in [3.05, 3.63) is 73.0 Å². The molecule has 40 heavy (non-hydrogen) atoms. The van der Waals surface area contributed by atoms with E-state index in [4.69, 9.17) is 4.74 Å². The van der Waals surface area contributed by atoms with E-state index in [0.717, 1.165) is 30.6 Å². The maximum absolute atomic E-state index is 13.2. The Morgan fingerprint density at radius 1 is 1.00 bits per heavy atom. The van der Waals surface area contributed by atoms with E-state index in [9.17, 15) is 24.3 Å². The van der Waals surface area contributed by atoms with Crippen LogP contribution in [0.3, 0.4) is 0 Å². The molecule has 0 unspecified atom stereocenters. The van der Waals surface area contributed by atoms with E-state index < -0.39 is 17.2 Å². The lowest BCUT2D eigenvalue weighted by atomic mass is 10.2. The van der Waals surface area contributed by atoms with Crippen molar-refractivity contribution in [2.75, 3.05) is 45.8 Å². The molecule has 2 amide bonds. The highest BCUT2D eigenvalue weighted by Crippen LogP contribution is 2.32. The lowest BCUT2D eigenvalue weighted by Gasteiger charge is -2.34. The molecule has 0 atom stereocenters. The molecule has 2 N–H and O–H groups in total. The van der Waals surface area contributed by atoms with E-state index in [2.05, 4.69) is 26.0 Å². The number of amides is 2. The number of phenols is 1. The molecule has 0 aliphatic carbocycles. The zero-order valence-corrected chi connectivity index (χ0v) is 23.5. The topological polar surface area (TPSA) is 141 Å². The van der Waals surface area contributed by atoms with Crippen molar-refractivity contribution in [2.24, 2.45) is 0 Å². The summed E-state index contributed by atoms with van der Waals surface area (Å²) in [6, 6.07) is 9.63. The zero-order valence-electron chi connectivity index (χ0n) is 21.9. The minimum atomic E-state index is -0.854. The van der Waals surface area contributed by atoms with E-state index in [1.54, 1.807) is 37.3 Å². The summed E-state index contributed by atoms with van der Waals surface area (Å²) in [5, 5.41) is 13.8. The molecule has 2 aliphatic rings. The highest BCUT2D eigenvalue weighted by atomic mass is 79.9. The Kier molecular flexibility index (Phi) is 8.03. The van der Waals surface area contributed by atoms with Crippen LogP contribution in [0.5, 0.6) is 17.2 Å². The minimum Gasteiger partial charge on any atom is -0.507 e. The number of aromatic amines is 1. The molecule has 1 aromatic heterocycles. The summed E-state index contributed by atoms with van der Waals surface area (Å²) in [5.74, 6) is 0.618. The van der Waals surface area contributed by atoms with Crippen LogP contribution >= 0.6 is 15.9 Å². The number of benzene rings is 2. The van der Waals surface area contributed by atoms with Crippen molar-refractivity contribution in [3.63, 3.8) is 0 Å². The Morgan fingerprint density at radius 2 is 1.73 bits per heavy atom. The smallest absolute Gasteiger partial charge is 0.349 e. The fourth-order valence-corrected chi connectivity index (χ4v) is 5.15. The Balaban J connectivity index is 1.29. The van der Waals surface area contributed by atoms with E-state index in [-0.39, 0.29) is 17.4 Å². The molecule has 2 aliphatic heterocycles. The fraction of sp³-hybridized carbons (Fsp3) is 0.370. The van der Waals surface area contributed by atoms with Crippen LogP contribution in [-0.2, 0) is 4.79 Å². The number of rotatable bonds is 6. The summed E-state index contributed by atoms with van der Waals surface area (Å²) in [7, 11) is 0. The molecule has 5 rings (SSSR count). The molecule has 210 valence electrons. The van der Waals surface area contributed by atoms with Gasteiger partial charge in [0.25, 0.3) is 11.5 Å². The highest BCUT2D eigenvalue weighted by Gasteiger charge is 2.28. The van der Waals surface area contributed by atoms with Crippen LogP contribution in [-0.4, -0.2) is 92.2 Å². The van der Waals surface area contributed by atoms with E-state index in [1.807, 2.05) is 9.80 Å². The summed E-state index contributed by atoms with van der Waals surface area (Å²) < 4.78 is 7.36. The molecule has 3 aromatic rings. The quantitative estimate of drug-likeness (QED) is 0.430. The average molecular weight is 613 g/mol. The van der Waals surface area contributed by atoms with Crippen LogP contribution in [0.1, 0.15) is 28.9 Å². The molecule has 12 nitrogen and oxygen atoms in total. The normalized spacial score (nSPS) is 15.8. The first-order valence-corrected chi connectivity index (χ1v) is 13.8. The molecule has 0 spiro atoms. The number of hydrogen-bond donors (Lipinski definition) is 2. The van der Waals surface area contributed by atoms with Gasteiger partial charge in [-0.25, -0.2) is 4.79 Å². The Bertz CT molecular complexity index is 1560. The molecule has 13 heteroatoms. The second-order valence-corrected chi connectivity index (χ2v) is 10.7. The van der Waals surface area contributed by atoms with Crippen LogP contribution < -0.4 is 16.0 Å². The van der Waals surface area contributed by atoms with Crippen molar-refractivity contribution in [3.8, 4) is 22.9 Å². The predicted molar refractivity (Wildman–Crippen MR) is 149 cm³/mol. The number of carbonyl (C=O) groups is 2. The number of aromatic hydroxyl groups is 1. The second kappa shape index (κ2) is 11.6. The average Bonchev–Trinajstić information content (AvgIpc) is 3.48. The molecule has 2 fully saturated rings. The largest absolute Gasteiger partial charge is 0.507 e. The first-order valence-electron chi connectivity index (χ1n) is 13.0. The van der Waals surface area contributed by atoms with Crippen LogP contribution in [0.25, 0.3) is 5.69 Å². The number of phenolic OH excluding ortho intramolecular Hbond substituents is 1. The Morgan fingerprint density at radius 3 is 2.40 bits per heavy atom. The van der Waals surface area contributed by atoms with Gasteiger partial charge in [0, 0.05) is 39.3 Å². The van der Waals surface area contributed by atoms with Crippen molar-refractivity contribution in [2.45, 2.75) is 19.8 Å². The number of aryl methyl sites for hydroxylation is 1. The van der Waals surface area contributed by atoms with Gasteiger partial charge in [0.1, 0.15) is 17.2 Å². The van der Waals surface area contributed by atoms with E-state index in [1.165, 1.54) is 11.0 Å². The number of nitrogens with zero attached hydrogens (tertiary/aromatic N) is 5. The molecular formula is C27H29BrN6O6. The number of nitrogens with one attached hydrogen (secondary N) is 1.